The van der Waals surface area contributed by atoms with E-state index < -0.39 is 5.72 Å². The molecule has 1 heterocycles. The van der Waals surface area contributed by atoms with E-state index in [2.05, 4.69) is 5.10 Å². The summed E-state index contributed by atoms with van der Waals surface area (Å²) in [5, 5.41) is 15.6. The lowest BCUT2D eigenvalue weighted by atomic mass is 10.00. The standard InChI is InChI=1S/C12H14N2O2/c1-2-11(15)14-12(16,8-9-13-14)10-6-4-3-5-7-10/h3-7,9,16H,2,8H2,1H3. The lowest BCUT2D eigenvalue weighted by Gasteiger charge is -2.31. The highest BCUT2D eigenvalue weighted by Gasteiger charge is 2.41. The Morgan fingerprint density at radius 1 is 1.50 bits per heavy atom. The third-order valence-corrected chi connectivity index (χ3v) is 2.70. The monoisotopic (exact) mass is 218 g/mol. The number of hydrogen-bond donors (Lipinski definition) is 1. The number of hydrazone groups is 1. The van der Waals surface area contributed by atoms with Gasteiger partial charge in [0.15, 0.2) is 5.72 Å². The van der Waals surface area contributed by atoms with Crippen molar-refractivity contribution in [2.75, 3.05) is 0 Å². The summed E-state index contributed by atoms with van der Waals surface area (Å²) in [7, 11) is 0. The summed E-state index contributed by atoms with van der Waals surface area (Å²) in [6.45, 7) is 1.75. The van der Waals surface area contributed by atoms with Crippen molar-refractivity contribution in [3.8, 4) is 0 Å². The Morgan fingerprint density at radius 2 is 2.19 bits per heavy atom. The molecule has 1 amide bonds. The van der Waals surface area contributed by atoms with Crippen molar-refractivity contribution < 1.29 is 9.90 Å². The second kappa shape index (κ2) is 4.06. The third-order valence-electron chi connectivity index (χ3n) is 2.70. The van der Waals surface area contributed by atoms with Gasteiger partial charge >= 0.3 is 0 Å². The summed E-state index contributed by atoms with van der Waals surface area (Å²) in [6, 6.07) is 9.13. The molecule has 16 heavy (non-hydrogen) atoms. The van der Waals surface area contributed by atoms with Gasteiger partial charge in [0.2, 0.25) is 5.91 Å². The van der Waals surface area contributed by atoms with Gasteiger partial charge in [-0.1, -0.05) is 37.3 Å². The molecule has 1 unspecified atom stereocenters. The smallest absolute Gasteiger partial charge is 0.245 e. The lowest BCUT2D eigenvalue weighted by Crippen LogP contribution is -2.43. The maximum Gasteiger partial charge on any atom is 0.245 e. The average Bonchev–Trinajstić information content (AvgIpc) is 2.73. The predicted molar refractivity (Wildman–Crippen MR) is 60.6 cm³/mol. The van der Waals surface area contributed by atoms with E-state index in [1.165, 1.54) is 5.01 Å². The quantitative estimate of drug-likeness (QED) is 0.817. The first-order chi connectivity index (χ1) is 7.68. The molecule has 4 nitrogen and oxygen atoms in total. The summed E-state index contributed by atoms with van der Waals surface area (Å²) >= 11 is 0. The van der Waals surface area contributed by atoms with Crippen LogP contribution in [-0.4, -0.2) is 22.2 Å². The molecule has 0 radical (unpaired) electrons. The van der Waals surface area contributed by atoms with E-state index in [0.717, 1.165) is 0 Å². The summed E-state index contributed by atoms with van der Waals surface area (Å²) in [6.07, 6.45) is 2.23. The normalized spacial score (nSPS) is 23.8. The topological polar surface area (TPSA) is 52.9 Å². The lowest BCUT2D eigenvalue weighted by molar-refractivity contribution is -0.157. The van der Waals surface area contributed by atoms with Crippen LogP contribution in [0, 0.1) is 0 Å². The van der Waals surface area contributed by atoms with Crippen molar-refractivity contribution in [2.24, 2.45) is 5.10 Å². The Hall–Kier alpha value is -1.68. The highest BCUT2D eigenvalue weighted by atomic mass is 16.3. The van der Waals surface area contributed by atoms with E-state index in [4.69, 9.17) is 0 Å². The molecule has 4 heteroatoms. The van der Waals surface area contributed by atoms with Crippen LogP contribution in [0.3, 0.4) is 0 Å². The maximum absolute atomic E-state index is 11.7. The first kappa shape index (κ1) is 10.8. The molecule has 0 spiro atoms. The van der Waals surface area contributed by atoms with E-state index in [-0.39, 0.29) is 5.91 Å². The molecule has 0 fully saturated rings. The van der Waals surface area contributed by atoms with Crippen molar-refractivity contribution >= 4 is 12.1 Å². The number of benzene rings is 1. The van der Waals surface area contributed by atoms with Crippen LogP contribution < -0.4 is 0 Å². The first-order valence-corrected chi connectivity index (χ1v) is 5.32. The Balaban J connectivity index is 2.35. The zero-order valence-electron chi connectivity index (χ0n) is 9.13. The van der Waals surface area contributed by atoms with Crippen molar-refractivity contribution in [3.63, 3.8) is 0 Å². The molecular weight excluding hydrogens is 204 g/mol. The summed E-state index contributed by atoms with van der Waals surface area (Å²) in [5.41, 5.74) is -0.622. The molecule has 84 valence electrons. The number of carbonyl (C=O) groups excluding carboxylic acids is 1. The van der Waals surface area contributed by atoms with Crippen LogP contribution >= 0.6 is 0 Å². The molecule has 1 atom stereocenters. The molecule has 1 N–H and O–H groups in total. The number of nitrogens with zero attached hydrogens (tertiary/aromatic N) is 2. The van der Waals surface area contributed by atoms with Crippen LogP contribution in [0.4, 0.5) is 0 Å². The first-order valence-electron chi connectivity index (χ1n) is 5.32. The zero-order chi connectivity index (χ0) is 11.6. The molecule has 1 aromatic carbocycles. The Bertz CT molecular complexity index is 416. The fourth-order valence-electron chi connectivity index (χ4n) is 1.80. The Kier molecular flexibility index (Phi) is 2.75. The van der Waals surface area contributed by atoms with Crippen LogP contribution in [0.5, 0.6) is 0 Å². The molecule has 0 bridgehead atoms. The van der Waals surface area contributed by atoms with Crippen LogP contribution in [0.25, 0.3) is 0 Å². The van der Waals surface area contributed by atoms with E-state index in [1.54, 1.807) is 25.3 Å². The maximum atomic E-state index is 11.7. The Labute approximate surface area is 94.2 Å². The van der Waals surface area contributed by atoms with Gasteiger partial charge in [-0.2, -0.15) is 10.1 Å². The molecule has 0 aliphatic carbocycles. The van der Waals surface area contributed by atoms with Crippen molar-refractivity contribution in [3.05, 3.63) is 35.9 Å². The van der Waals surface area contributed by atoms with Gasteiger partial charge in [-0.05, 0) is 0 Å². The van der Waals surface area contributed by atoms with E-state index in [1.807, 2.05) is 18.2 Å². The molecular formula is C12H14N2O2. The SMILES string of the molecule is CCC(=O)N1N=CCC1(O)c1ccccc1. The molecule has 0 aromatic heterocycles. The predicted octanol–water partition coefficient (Wildman–Crippen LogP) is 1.46. The Morgan fingerprint density at radius 3 is 2.81 bits per heavy atom. The zero-order valence-corrected chi connectivity index (χ0v) is 9.13. The molecule has 2 rings (SSSR count). The minimum Gasteiger partial charge on any atom is -0.365 e. The van der Waals surface area contributed by atoms with E-state index in [0.29, 0.717) is 18.4 Å². The summed E-state index contributed by atoms with van der Waals surface area (Å²) in [5.74, 6) is -0.180. The van der Waals surface area contributed by atoms with Crippen molar-refractivity contribution in [1.29, 1.82) is 0 Å². The second-order valence-electron chi connectivity index (χ2n) is 3.74. The van der Waals surface area contributed by atoms with Crippen molar-refractivity contribution in [2.45, 2.75) is 25.5 Å². The van der Waals surface area contributed by atoms with Gasteiger partial charge in [0.25, 0.3) is 0 Å². The highest BCUT2D eigenvalue weighted by Crippen LogP contribution is 2.33. The number of aliphatic hydroxyl groups is 1. The fourth-order valence-corrected chi connectivity index (χ4v) is 1.80. The fraction of sp³-hybridized carbons (Fsp3) is 0.333. The molecule has 1 aliphatic rings. The highest BCUT2D eigenvalue weighted by molar-refractivity contribution is 5.80. The second-order valence-corrected chi connectivity index (χ2v) is 3.74. The molecule has 1 aliphatic heterocycles. The van der Waals surface area contributed by atoms with Gasteiger partial charge in [-0.25, -0.2) is 0 Å². The van der Waals surface area contributed by atoms with Gasteiger partial charge in [0.05, 0.1) is 0 Å². The van der Waals surface area contributed by atoms with Crippen LogP contribution in [0.2, 0.25) is 0 Å². The van der Waals surface area contributed by atoms with Crippen LogP contribution in [0.15, 0.2) is 35.4 Å². The van der Waals surface area contributed by atoms with Crippen LogP contribution in [-0.2, 0) is 10.5 Å². The van der Waals surface area contributed by atoms with E-state index in [9.17, 15) is 9.90 Å². The number of carbonyl (C=O) groups is 1. The van der Waals surface area contributed by atoms with Gasteiger partial charge < -0.3 is 5.11 Å². The summed E-state index contributed by atoms with van der Waals surface area (Å²) < 4.78 is 0. The number of hydrogen-bond acceptors (Lipinski definition) is 3. The molecule has 0 saturated carbocycles. The van der Waals surface area contributed by atoms with Gasteiger partial charge in [0.1, 0.15) is 0 Å². The summed E-state index contributed by atoms with van der Waals surface area (Å²) in [4.78, 5) is 11.7. The van der Waals surface area contributed by atoms with Crippen molar-refractivity contribution in [1.82, 2.24) is 5.01 Å². The minimum atomic E-state index is -1.31. The largest absolute Gasteiger partial charge is 0.365 e. The van der Waals surface area contributed by atoms with Gasteiger partial charge in [0, 0.05) is 24.6 Å². The van der Waals surface area contributed by atoms with Gasteiger partial charge in [-0.3, -0.25) is 4.79 Å². The average molecular weight is 218 g/mol. The van der Waals surface area contributed by atoms with Crippen LogP contribution in [0.1, 0.15) is 25.3 Å². The number of rotatable bonds is 2. The van der Waals surface area contributed by atoms with E-state index >= 15 is 0 Å². The molecule has 0 saturated heterocycles. The minimum absolute atomic E-state index is 0.180. The number of amides is 1. The van der Waals surface area contributed by atoms with Gasteiger partial charge in [-0.15, -0.1) is 0 Å². The molecule has 1 aromatic rings. The third kappa shape index (κ3) is 1.61.